The quantitative estimate of drug-likeness (QED) is 0.680. The molecule has 0 aliphatic carbocycles. The van der Waals surface area contributed by atoms with Crippen LogP contribution < -0.4 is 5.32 Å². The molecular formula is C18H17ClF3N5O. The van der Waals surface area contributed by atoms with Crippen LogP contribution in [0.3, 0.4) is 0 Å². The molecule has 10 heteroatoms. The van der Waals surface area contributed by atoms with Crippen LogP contribution >= 0.6 is 11.6 Å². The lowest BCUT2D eigenvalue weighted by Gasteiger charge is -2.15. The Hall–Kier alpha value is -2.81. The minimum Gasteiger partial charge on any atom is -0.324 e. The van der Waals surface area contributed by atoms with Crippen LogP contribution in [0.1, 0.15) is 29.9 Å². The molecule has 1 aromatic carbocycles. The Morgan fingerprint density at radius 2 is 2.07 bits per heavy atom. The van der Waals surface area contributed by atoms with E-state index in [1.165, 1.54) is 13.8 Å². The second-order valence-electron chi connectivity index (χ2n) is 6.26. The zero-order valence-corrected chi connectivity index (χ0v) is 15.8. The fraction of sp³-hybridized carbons (Fsp3) is 0.278. The van der Waals surface area contributed by atoms with Gasteiger partial charge in [0.2, 0.25) is 5.91 Å². The van der Waals surface area contributed by atoms with Crippen molar-refractivity contribution in [3.05, 3.63) is 64.7 Å². The van der Waals surface area contributed by atoms with Gasteiger partial charge in [-0.3, -0.25) is 14.2 Å². The number of anilines is 1. The highest BCUT2D eigenvalue weighted by Gasteiger charge is 2.39. The van der Waals surface area contributed by atoms with Crippen LogP contribution in [0.4, 0.5) is 18.9 Å². The van der Waals surface area contributed by atoms with E-state index < -0.39 is 28.8 Å². The van der Waals surface area contributed by atoms with Crippen LogP contribution in [0, 0.1) is 6.92 Å². The van der Waals surface area contributed by atoms with Crippen molar-refractivity contribution in [3.63, 3.8) is 0 Å². The smallest absolute Gasteiger partial charge is 0.324 e. The average molecular weight is 412 g/mol. The van der Waals surface area contributed by atoms with Crippen molar-refractivity contribution in [2.24, 2.45) is 0 Å². The van der Waals surface area contributed by atoms with E-state index in [0.717, 1.165) is 10.2 Å². The summed E-state index contributed by atoms with van der Waals surface area (Å²) in [5.41, 5.74) is 0.303. The van der Waals surface area contributed by atoms with Gasteiger partial charge in [0.1, 0.15) is 6.04 Å². The molecule has 0 radical (unpaired) electrons. The Morgan fingerprint density at radius 3 is 2.68 bits per heavy atom. The number of alkyl halides is 3. The second kappa shape index (κ2) is 7.67. The molecule has 1 N–H and O–H groups in total. The minimum atomic E-state index is -4.69. The highest BCUT2D eigenvalue weighted by atomic mass is 35.5. The van der Waals surface area contributed by atoms with E-state index in [4.69, 9.17) is 11.6 Å². The fourth-order valence-corrected chi connectivity index (χ4v) is 2.97. The van der Waals surface area contributed by atoms with Crippen molar-refractivity contribution in [2.45, 2.75) is 32.6 Å². The third-order valence-corrected chi connectivity index (χ3v) is 4.64. The van der Waals surface area contributed by atoms with E-state index in [9.17, 15) is 18.0 Å². The Morgan fingerprint density at radius 1 is 1.32 bits per heavy atom. The van der Waals surface area contributed by atoms with Gasteiger partial charge >= 0.3 is 6.18 Å². The molecule has 1 unspecified atom stereocenters. The zero-order valence-electron chi connectivity index (χ0n) is 15.0. The lowest BCUT2D eigenvalue weighted by Crippen LogP contribution is -2.25. The number of nitrogens with one attached hydrogen (secondary N) is 1. The minimum absolute atomic E-state index is 0.0732. The van der Waals surface area contributed by atoms with Crippen molar-refractivity contribution >= 4 is 23.2 Å². The van der Waals surface area contributed by atoms with Crippen LogP contribution in [0.2, 0.25) is 5.02 Å². The molecular weight excluding hydrogens is 395 g/mol. The first-order chi connectivity index (χ1) is 13.2. The van der Waals surface area contributed by atoms with Crippen molar-refractivity contribution < 1.29 is 18.0 Å². The molecule has 6 nitrogen and oxygen atoms in total. The molecule has 0 bridgehead atoms. The summed E-state index contributed by atoms with van der Waals surface area (Å²) in [4.78, 5) is 12.5. The lowest BCUT2D eigenvalue weighted by atomic mass is 10.2. The molecule has 0 spiro atoms. The molecule has 0 fully saturated rings. The van der Waals surface area contributed by atoms with Crippen molar-refractivity contribution in [1.29, 1.82) is 0 Å². The first kappa shape index (κ1) is 19.9. The first-order valence-corrected chi connectivity index (χ1v) is 8.73. The maximum Gasteiger partial charge on any atom is 0.436 e. The average Bonchev–Trinajstić information content (AvgIpc) is 3.23. The number of benzene rings is 1. The summed E-state index contributed by atoms with van der Waals surface area (Å²) in [5, 5.41) is 9.82. The highest BCUT2D eigenvalue weighted by Crippen LogP contribution is 2.36. The van der Waals surface area contributed by atoms with Gasteiger partial charge in [0.05, 0.1) is 17.3 Å². The predicted octanol–water partition coefficient (Wildman–Crippen LogP) is 4.31. The van der Waals surface area contributed by atoms with E-state index >= 15 is 0 Å². The second-order valence-corrected chi connectivity index (χ2v) is 6.64. The van der Waals surface area contributed by atoms with Gasteiger partial charge in [-0.05, 0) is 37.6 Å². The molecule has 28 heavy (non-hydrogen) atoms. The number of carbonyl (C=O) groups is 1. The predicted molar refractivity (Wildman–Crippen MR) is 98.1 cm³/mol. The summed E-state index contributed by atoms with van der Waals surface area (Å²) in [6, 6.07) is 7.95. The Balaban J connectivity index is 1.76. The van der Waals surface area contributed by atoms with E-state index in [1.807, 2.05) is 12.3 Å². The molecule has 3 rings (SSSR count). The number of halogens is 4. The summed E-state index contributed by atoms with van der Waals surface area (Å²) in [7, 11) is 0. The van der Waals surface area contributed by atoms with Crippen molar-refractivity contribution in [2.75, 3.05) is 5.32 Å². The Labute approximate surface area is 163 Å². The number of nitrogens with zero attached hydrogens (tertiary/aromatic N) is 4. The molecule has 0 saturated heterocycles. The molecule has 1 amide bonds. The molecule has 3 aromatic rings. The molecule has 2 heterocycles. The number of rotatable bonds is 5. The molecule has 1 atom stereocenters. The Kier molecular flexibility index (Phi) is 5.46. The SMILES string of the molecule is Cc1c(Cl)c(C(F)(F)F)nn1C(C)C(=O)Nc1cccc(Cn2cccn2)c1. The van der Waals surface area contributed by atoms with Crippen LogP contribution in [0.15, 0.2) is 42.7 Å². The summed E-state index contributed by atoms with van der Waals surface area (Å²) in [6.45, 7) is 3.37. The number of hydrogen-bond donors (Lipinski definition) is 1. The van der Waals surface area contributed by atoms with Gasteiger partial charge in [0, 0.05) is 18.1 Å². The summed E-state index contributed by atoms with van der Waals surface area (Å²) < 4.78 is 41.7. The zero-order chi connectivity index (χ0) is 20.5. The van der Waals surface area contributed by atoms with E-state index in [-0.39, 0.29) is 5.69 Å². The van der Waals surface area contributed by atoms with E-state index in [2.05, 4.69) is 15.5 Å². The summed E-state index contributed by atoms with van der Waals surface area (Å²) >= 11 is 5.75. The normalized spacial score (nSPS) is 12.8. The maximum absolute atomic E-state index is 13.0. The van der Waals surface area contributed by atoms with Gasteiger partial charge in [0.15, 0.2) is 5.69 Å². The molecule has 2 aromatic heterocycles. The number of hydrogen-bond acceptors (Lipinski definition) is 3. The monoisotopic (exact) mass is 411 g/mol. The largest absolute Gasteiger partial charge is 0.436 e. The third kappa shape index (κ3) is 4.19. The molecule has 0 aliphatic heterocycles. The standard InChI is InChI=1S/C18H17ClF3N5O/c1-11-15(19)16(18(20,21)22)25-27(11)12(2)17(28)24-14-6-3-5-13(9-14)10-26-8-4-7-23-26/h3-9,12H,10H2,1-2H3,(H,24,28). The molecule has 0 saturated carbocycles. The first-order valence-electron chi connectivity index (χ1n) is 8.36. The van der Waals surface area contributed by atoms with Gasteiger partial charge in [-0.1, -0.05) is 23.7 Å². The van der Waals surface area contributed by atoms with Crippen molar-refractivity contribution in [3.8, 4) is 0 Å². The van der Waals surface area contributed by atoms with Gasteiger partial charge in [-0.25, -0.2) is 0 Å². The van der Waals surface area contributed by atoms with Gasteiger partial charge < -0.3 is 5.32 Å². The Bertz CT molecular complexity index is 982. The summed E-state index contributed by atoms with van der Waals surface area (Å²) in [6.07, 6.45) is -1.21. The van der Waals surface area contributed by atoms with Gasteiger partial charge in [0.25, 0.3) is 0 Å². The van der Waals surface area contributed by atoms with Crippen LogP contribution in [-0.2, 0) is 17.5 Å². The van der Waals surface area contributed by atoms with Crippen LogP contribution in [0.25, 0.3) is 0 Å². The van der Waals surface area contributed by atoms with E-state index in [1.54, 1.807) is 35.1 Å². The molecule has 0 aliphatic rings. The fourth-order valence-electron chi connectivity index (χ4n) is 2.74. The third-order valence-electron chi connectivity index (χ3n) is 4.19. The maximum atomic E-state index is 13.0. The molecule has 148 valence electrons. The van der Waals surface area contributed by atoms with Crippen LogP contribution in [-0.4, -0.2) is 25.5 Å². The topological polar surface area (TPSA) is 64.7 Å². The number of aromatic nitrogens is 4. The lowest BCUT2D eigenvalue weighted by molar-refractivity contribution is -0.141. The summed E-state index contributed by atoms with van der Waals surface area (Å²) in [5.74, 6) is -0.507. The van der Waals surface area contributed by atoms with Gasteiger partial charge in [-0.2, -0.15) is 23.4 Å². The van der Waals surface area contributed by atoms with Crippen LogP contribution in [0.5, 0.6) is 0 Å². The van der Waals surface area contributed by atoms with E-state index in [0.29, 0.717) is 12.2 Å². The highest BCUT2D eigenvalue weighted by molar-refractivity contribution is 6.32. The van der Waals surface area contributed by atoms with Crippen molar-refractivity contribution in [1.82, 2.24) is 19.6 Å². The van der Waals surface area contributed by atoms with Gasteiger partial charge in [-0.15, -0.1) is 0 Å². The number of amides is 1. The number of carbonyl (C=O) groups excluding carboxylic acids is 1.